The Hall–Kier alpha value is -2.91. The lowest BCUT2D eigenvalue weighted by molar-refractivity contribution is -0.122. The average Bonchev–Trinajstić information content (AvgIpc) is 2.77. The second kappa shape index (κ2) is 9.27. The van der Waals surface area contributed by atoms with Crippen LogP contribution in [0.3, 0.4) is 0 Å². The molecule has 1 heterocycles. The number of nitrogens with zero attached hydrogens (tertiary/aromatic N) is 2. The zero-order valence-corrected chi connectivity index (χ0v) is 17.9. The summed E-state index contributed by atoms with van der Waals surface area (Å²) in [4.78, 5) is 26.2. The predicted molar refractivity (Wildman–Crippen MR) is 115 cm³/mol. The lowest BCUT2D eigenvalue weighted by atomic mass is 10.2. The summed E-state index contributed by atoms with van der Waals surface area (Å²) < 4.78 is 26.8. The van der Waals surface area contributed by atoms with Gasteiger partial charge in [-0.05, 0) is 37.3 Å². The first-order chi connectivity index (χ1) is 14.3. The van der Waals surface area contributed by atoms with Gasteiger partial charge in [-0.3, -0.25) is 9.59 Å². The number of amides is 2. The zero-order chi connectivity index (χ0) is 21.7. The molecule has 1 aliphatic heterocycles. The summed E-state index contributed by atoms with van der Waals surface area (Å²) >= 11 is 0. The number of nitrogens with one attached hydrogen (secondary N) is 2. The van der Waals surface area contributed by atoms with Crippen molar-refractivity contribution in [1.82, 2.24) is 14.9 Å². The fourth-order valence-electron chi connectivity index (χ4n) is 3.16. The van der Waals surface area contributed by atoms with Gasteiger partial charge in [0.25, 0.3) is 5.91 Å². The maximum atomic E-state index is 12.8. The minimum atomic E-state index is -3.85. The van der Waals surface area contributed by atoms with Gasteiger partial charge in [0.05, 0.1) is 11.4 Å². The molecule has 1 unspecified atom stereocenters. The molecule has 1 aliphatic rings. The van der Waals surface area contributed by atoms with Crippen LogP contribution >= 0.6 is 0 Å². The number of hydrogen-bond donors (Lipinski definition) is 2. The van der Waals surface area contributed by atoms with Gasteiger partial charge in [-0.1, -0.05) is 24.3 Å². The van der Waals surface area contributed by atoms with Crippen LogP contribution in [0.2, 0.25) is 0 Å². The van der Waals surface area contributed by atoms with Crippen LogP contribution in [0.15, 0.2) is 59.5 Å². The molecule has 0 aliphatic carbocycles. The summed E-state index contributed by atoms with van der Waals surface area (Å²) in [6.45, 7) is 2.64. The van der Waals surface area contributed by atoms with E-state index in [0.29, 0.717) is 6.54 Å². The molecule has 2 aromatic rings. The molecule has 2 amide bonds. The summed E-state index contributed by atoms with van der Waals surface area (Å²) in [7, 11) is -1.89. The van der Waals surface area contributed by atoms with Crippen LogP contribution in [0.5, 0.6) is 0 Å². The zero-order valence-electron chi connectivity index (χ0n) is 17.0. The monoisotopic (exact) mass is 430 g/mol. The van der Waals surface area contributed by atoms with E-state index in [1.54, 1.807) is 6.07 Å². The Labute approximate surface area is 176 Å². The van der Waals surface area contributed by atoms with Gasteiger partial charge in [-0.15, -0.1) is 0 Å². The molecule has 9 heteroatoms. The normalized spacial score (nSPS) is 15.9. The number of rotatable bonds is 7. The number of anilines is 1. The highest BCUT2D eigenvalue weighted by Gasteiger charge is 2.29. The van der Waals surface area contributed by atoms with E-state index < -0.39 is 10.0 Å². The maximum Gasteiger partial charge on any atom is 0.251 e. The summed E-state index contributed by atoms with van der Waals surface area (Å²) in [5.74, 6) is -0.688. The number of carbonyl (C=O) groups excluding carboxylic acids is 2. The van der Waals surface area contributed by atoms with Crippen LogP contribution in [0.25, 0.3) is 0 Å². The molecule has 30 heavy (non-hydrogen) atoms. The van der Waals surface area contributed by atoms with Gasteiger partial charge < -0.3 is 15.5 Å². The third-order valence-electron chi connectivity index (χ3n) is 5.12. The maximum absolute atomic E-state index is 12.8. The van der Waals surface area contributed by atoms with Crippen molar-refractivity contribution in [3.05, 3.63) is 60.2 Å². The molecule has 1 atom stereocenters. The lowest BCUT2D eigenvalue weighted by Gasteiger charge is -2.27. The minimum absolute atomic E-state index is 0.000646. The smallest absolute Gasteiger partial charge is 0.251 e. The van der Waals surface area contributed by atoms with Crippen molar-refractivity contribution in [3.8, 4) is 0 Å². The molecule has 1 saturated heterocycles. The van der Waals surface area contributed by atoms with E-state index in [0.717, 1.165) is 9.99 Å². The van der Waals surface area contributed by atoms with Crippen LogP contribution in [0, 0.1) is 0 Å². The Balaban J connectivity index is 1.66. The van der Waals surface area contributed by atoms with Gasteiger partial charge in [0.15, 0.2) is 0 Å². The van der Waals surface area contributed by atoms with E-state index in [-0.39, 0.29) is 47.9 Å². The van der Waals surface area contributed by atoms with Crippen molar-refractivity contribution in [3.63, 3.8) is 0 Å². The summed E-state index contributed by atoms with van der Waals surface area (Å²) in [5.41, 5.74) is 1.30. The topological polar surface area (TPSA) is 98.8 Å². The molecule has 0 bridgehead atoms. The first-order valence-electron chi connectivity index (χ1n) is 9.72. The van der Waals surface area contributed by atoms with Crippen molar-refractivity contribution in [2.24, 2.45) is 0 Å². The van der Waals surface area contributed by atoms with Crippen molar-refractivity contribution in [2.75, 3.05) is 38.1 Å². The number of sulfonamides is 1. The van der Waals surface area contributed by atoms with E-state index >= 15 is 0 Å². The largest absolute Gasteiger partial charge is 0.370 e. The molecule has 2 N–H and O–H groups in total. The number of hydrogen-bond acceptors (Lipinski definition) is 5. The SMILES string of the molecule is CC(CNC(=O)c1cccc(S(=O)(=O)N2CCNC(=O)C2)c1)N(C)c1ccccc1. The first-order valence-corrected chi connectivity index (χ1v) is 11.2. The van der Waals surface area contributed by atoms with Crippen LogP contribution in [0.4, 0.5) is 5.69 Å². The van der Waals surface area contributed by atoms with E-state index in [2.05, 4.69) is 15.5 Å². The standard InChI is InChI=1S/C21H26N4O4S/c1-16(24(2)18-8-4-3-5-9-18)14-23-21(27)17-7-6-10-19(13-17)30(28,29)25-12-11-22-20(26)15-25/h3-10,13,16H,11-12,14-15H2,1-2H3,(H,22,26)(H,23,27). The molecule has 2 aromatic carbocycles. The van der Waals surface area contributed by atoms with Crippen LogP contribution in [0.1, 0.15) is 17.3 Å². The molecule has 0 radical (unpaired) electrons. The molecule has 1 fully saturated rings. The van der Waals surface area contributed by atoms with E-state index in [4.69, 9.17) is 0 Å². The van der Waals surface area contributed by atoms with Gasteiger partial charge in [0.2, 0.25) is 15.9 Å². The number of piperazine rings is 1. The van der Waals surface area contributed by atoms with Crippen LogP contribution < -0.4 is 15.5 Å². The molecule has 160 valence electrons. The van der Waals surface area contributed by atoms with E-state index in [1.807, 2.05) is 44.3 Å². The Kier molecular flexibility index (Phi) is 6.73. The van der Waals surface area contributed by atoms with Gasteiger partial charge in [0, 0.05) is 44.0 Å². The highest BCUT2D eigenvalue weighted by atomic mass is 32.2. The second-order valence-corrected chi connectivity index (χ2v) is 9.16. The third-order valence-corrected chi connectivity index (χ3v) is 6.96. The Morgan fingerprint density at radius 3 is 2.63 bits per heavy atom. The van der Waals surface area contributed by atoms with Crippen molar-refractivity contribution in [1.29, 1.82) is 0 Å². The number of likely N-dealkylation sites (N-methyl/N-ethyl adjacent to an activating group) is 1. The summed E-state index contributed by atoms with van der Waals surface area (Å²) in [6, 6.07) is 15.8. The Morgan fingerprint density at radius 2 is 1.93 bits per heavy atom. The first kappa shape index (κ1) is 21.8. The van der Waals surface area contributed by atoms with E-state index in [1.165, 1.54) is 18.2 Å². The molecule has 0 spiro atoms. The van der Waals surface area contributed by atoms with E-state index in [9.17, 15) is 18.0 Å². The lowest BCUT2D eigenvalue weighted by Crippen LogP contribution is -2.49. The Morgan fingerprint density at radius 1 is 1.20 bits per heavy atom. The number of para-hydroxylation sites is 1. The van der Waals surface area contributed by atoms with Gasteiger partial charge >= 0.3 is 0 Å². The molecule has 3 rings (SSSR count). The summed E-state index contributed by atoms with van der Waals surface area (Å²) in [5, 5.41) is 5.46. The van der Waals surface area contributed by atoms with Crippen molar-refractivity contribution in [2.45, 2.75) is 17.9 Å². The van der Waals surface area contributed by atoms with Gasteiger partial charge in [-0.2, -0.15) is 4.31 Å². The molecule has 0 saturated carbocycles. The number of benzene rings is 2. The Bertz CT molecular complexity index is 1010. The van der Waals surface area contributed by atoms with Crippen LogP contribution in [-0.2, 0) is 14.8 Å². The third kappa shape index (κ3) is 4.98. The van der Waals surface area contributed by atoms with Gasteiger partial charge in [0.1, 0.15) is 0 Å². The highest BCUT2D eigenvalue weighted by molar-refractivity contribution is 7.89. The second-order valence-electron chi connectivity index (χ2n) is 7.22. The fourth-order valence-corrected chi connectivity index (χ4v) is 4.61. The molecule has 0 aromatic heterocycles. The van der Waals surface area contributed by atoms with Crippen LogP contribution in [-0.4, -0.2) is 63.8 Å². The molecular formula is C21H26N4O4S. The predicted octanol–water partition coefficient (Wildman–Crippen LogP) is 1.06. The molecule has 8 nitrogen and oxygen atoms in total. The quantitative estimate of drug-likeness (QED) is 0.685. The minimum Gasteiger partial charge on any atom is -0.370 e. The summed E-state index contributed by atoms with van der Waals surface area (Å²) in [6.07, 6.45) is 0. The van der Waals surface area contributed by atoms with Gasteiger partial charge in [-0.25, -0.2) is 8.42 Å². The van der Waals surface area contributed by atoms with Crippen molar-refractivity contribution >= 4 is 27.5 Å². The molecular weight excluding hydrogens is 404 g/mol. The highest BCUT2D eigenvalue weighted by Crippen LogP contribution is 2.18. The number of carbonyl (C=O) groups is 2. The average molecular weight is 431 g/mol. The van der Waals surface area contributed by atoms with Crippen molar-refractivity contribution < 1.29 is 18.0 Å². The fraction of sp³-hybridized carbons (Fsp3) is 0.333.